The molecule has 0 fully saturated rings. The van der Waals surface area contributed by atoms with Crippen molar-refractivity contribution < 1.29 is 27.8 Å². The number of carbonyl (C=O) groups is 1. The summed E-state index contributed by atoms with van der Waals surface area (Å²) in [5, 5.41) is 12.7. The van der Waals surface area contributed by atoms with E-state index in [0.29, 0.717) is 0 Å². The maximum Gasteiger partial charge on any atom is 0.416 e. The third kappa shape index (κ3) is 5.17. The second kappa shape index (κ2) is 9.27. The van der Waals surface area contributed by atoms with Gasteiger partial charge in [0.2, 0.25) is 0 Å². The van der Waals surface area contributed by atoms with E-state index in [-0.39, 0.29) is 41.9 Å². The summed E-state index contributed by atoms with van der Waals surface area (Å²) in [7, 11) is 0. The fourth-order valence-electron chi connectivity index (χ4n) is 2.99. The van der Waals surface area contributed by atoms with Gasteiger partial charge < -0.3 is 20.1 Å². The zero-order valence-corrected chi connectivity index (χ0v) is 16.9. The third-order valence-electron chi connectivity index (χ3n) is 4.68. The molecule has 1 heterocycles. The van der Waals surface area contributed by atoms with Crippen LogP contribution in [0.2, 0.25) is 0 Å². The maximum atomic E-state index is 12.6. The Morgan fingerprint density at radius 2 is 1.88 bits per heavy atom. The molecule has 0 aliphatic heterocycles. The number of alkyl halides is 3. The van der Waals surface area contributed by atoms with E-state index in [4.69, 9.17) is 4.74 Å². The Morgan fingerprint density at radius 3 is 2.50 bits per heavy atom. The average molecular weight is 451 g/mol. The van der Waals surface area contributed by atoms with Crippen LogP contribution in [0.15, 0.2) is 52.1 Å². The summed E-state index contributed by atoms with van der Waals surface area (Å²) < 4.78 is 43.9. The highest BCUT2D eigenvalue weighted by molar-refractivity contribution is 5.97. The van der Waals surface area contributed by atoms with Gasteiger partial charge in [-0.05, 0) is 49.4 Å². The molecular formula is C21H20F3N3O5. The molecule has 0 radical (unpaired) electrons. The van der Waals surface area contributed by atoms with Gasteiger partial charge in [-0.1, -0.05) is 0 Å². The van der Waals surface area contributed by atoms with Gasteiger partial charge in [-0.3, -0.25) is 14.2 Å². The lowest BCUT2D eigenvalue weighted by Crippen LogP contribution is -2.36. The number of nitrogens with one attached hydrogen (secondary N) is 2. The first-order valence-electron chi connectivity index (χ1n) is 9.63. The van der Waals surface area contributed by atoms with Crippen LogP contribution in [-0.4, -0.2) is 39.8 Å². The fourth-order valence-corrected chi connectivity index (χ4v) is 2.99. The van der Waals surface area contributed by atoms with Crippen LogP contribution in [0.5, 0.6) is 5.75 Å². The topological polar surface area (TPSA) is 113 Å². The van der Waals surface area contributed by atoms with Crippen molar-refractivity contribution in [3.8, 4) is 5.75 Å². The van der Waals surface area contributed by atoms with Crippen molar-refractivity contribution in [2.75, 3.05) is 13.2 Å². The van der Waals surface area contributed by atoms with Gasteiger partial charge in [0.1, 0.15) is 18.5 Å². The minimum Gasteiger partial charge on any atom is -0.491 e. The lowest BCUT2D eigenvalue weighted by molar-refractivity contribution is -0.137. The highest BCUT2D eigenvalue weighted by Crippen LogP contribution is 2.30. The highest BCUT2D eigenvalue weighted by atomic mass is 19.4. The highest BCUT2D eigenvalue weighted by Gasteiger charge is 2.30. The molecule has 3 N–H and O–H groups in total. The molecule has 8 nitrogen and oxygen atoms in total. The monoisotopic (exact) mass is 451 g/mol. The average Bonchev–Trinajstić information content (AvgIpc) is 2.75. The molecule has 3 rings (SSSR count). The first-order valence-corrected chi connectivity index (χ1v) is 9.63. The predicted octanol–water partition coefficient (Wildman–Crippen LogP) is 1.90. The number of hydrogen-bond acceptors (Lipinski definition) is 5. The first kappa shape index (κ1) is 23.1. The van der Waals surface area contributed by atoms with Crippen molar-refractivity contribution >= 4 is 16.8 Å². The molecule has 2 aromatic carbocycles. The SMILES string of the molecule is CCn1c(=O)[nH]c2cc(C(=O)NCC(O)COc3ccc(C(F)(F)F)cc3)ccc2c1=O. The van der Waals surface area contributed by atoms with Crippen molar-refractivity contribution in [1.29, 1.82) is 0 Å². The van der Waals surface area contributed by atoms with Gasteiger partial charge in [0.05, 0.1) is 16.5 Å². The van der Waals surface area contributed by atoms with Gasteiger partial charge in [-0.2, -0.15) is 13.2 Å². The molecule has 0 saturated heterocycles. The molecule has 1 unspecified atom stereocenters. The van der Waals surface area contributed by atoms with Crippen molar-refractivity contribution in [3.05, 3.63) is 74.4 Å². The number of hydrogen-bond donors (Lipinski definition) is 3. The molecule has 0 aliphatic carbocycles. The van der Waals surface area contributed by atoms with Crippen molar-refractivity contribution in [3.63, 3.8) is 0 Å². The number of aromatic nitrogens is 2. The largest absolute Gasteiger partial charge is 0.491 e. The quantitative estimate of drug-likeness (QED) is 0.508. The Hall–Kier alpha value is -3.60. The summed E-state index contributed by atoms with van der Waals surface area (Å²) in [6, 6.07) is 8.21. The maximum absolute atomic E-state index is 12.6. The summed E-state index contributed by atoms with van der Waals surface area (Å²) in [4.78, 5) is 39.1. The van der Waals surface area contributed by atoms with Crippen LogP contribution in [-0.2, 0) is 12.7 Å². The van der Waals surface area contributed by atoms with E-state index in [2.05, 4.69) is 10.3 Å². The normalized spacial score (nSPS) is 12.5. The van der Waals surface area contributed by atoms with E-state index in [0.717, 1.165) is 28.8 Å². The molecule has 1 atom stereocenters. The number of aliphatic hydroxyl groups is 1. The minimum absolute atomic E-state index is 0.139. The number of rotatable bonds is 7. The number of carbonyl (C=O) groups excluding carboxylic acids is 1. The van der Waals surface area contributed by atoms with Gasteiger partial charge in [0, 0.05) is 18.7 Å². The summed E-state index contributed by atoms with van der Waals surface area (Å²) in [5.74, 6) is -0.416. The predicted molar refractivity (Wildman–Crippen MR) is 110 cm³/mol. The number of aromatic amines is 1. The Labute approximate surface area is 179 Å². The lowest BCUT2D eigenvalue weighted by Gasteiger charge is -2.14. The van der Waals surface area contributed by atoms with Crippen LogP contribution in [0.25, 0.3) is 10.9 Å². The molecule has 1 amide bonds. The molecular weight excluding hydrogens is 431 g/mol. The van der Waals surface area contributed by atoms with Crippen LogP contribution >= 0.6 is 0 Å². The van der Waals surface area contributed by atoms with Gasteiger partial charge in [0.25, 0.3) is 11.5 Å². The van der Waals surface area contributed by atoms with E-state index in [1.165, 1.54) is 18.2 Å². The van der Waals surface area contributed by atoms with Crippen molar-refractivity contribution in [1.82, 2.24) is 14.9 Å². The molecule has 0 spiro atoms. The van der Waals surface area contributed by atoms with Gasteiger partial charge in [-0.25, -0.2) is 4.79 Å². The molecule has 1 aromatic heterocycles. The fraction of sp³-hybridized carbons (Fsp3) is 0.286. The van der Waals surface area contributed by atoms with Gasteiger partial charge in [-0.15, -0.1) is 0 Å². The molecule has 11 heteroatoms. The van der Waals surface area contributed by atoms with E-state index >= 15 is 0 Å². The Kier molecular flexibility index (Phi) is 6.68. The van der Waals surface area contributed by atoms with Crippen LogP contribution in [0, 0.1) is 0 Å². The Morgan fingerprint density at radius 1 is 1.19 bits per heavy atom. The van der Waals surface area contributed by atoms with Crippen LogP contribution in [0.3, 0.4) is 0 Å². The van der Waals surface area contributed by atoms with E-state index in [1.807, 2.05) is 0 Å². The number of fused-ring (bicyclic) bond motifs is 1. The molecule has 3 aromatic rings. The van der Waals surface area contributed by atoms with E-state index < -0.39 is 35.0 Å². The third-order valence-corrected chi connectivity index (χ3v) is 4.68. The van der Waals surface area contributed by atoms with Crippen molar-refractivity contribution in [2.45, 2.75) is 25.7 Å². The number of benzene rings is 2. The summed E-state index contributed by atoms with van der Waals surface area (Å²) >= 11 is 0. The van der Waals surface area contributed by atoms with E-state index in [1.54, 1.807) is 6.92 Å². The molecule has 0 saturated carbocycles. The van der Waals surface area contributed by atoms with Gasteiger partial charge in [0.15, 0.2) is 0 Å². The zero-order valence-electron chi connectivity index (χ0n) is 16.9. The van der Waals surface area contributed by atoms with E-state index in [9.17, 15) is 32.7 Å². The molecule has 32 heavy (non-hydrogen) atoms. The number of amides is 1. The van der Waals surface area contributed by atoms with Gasteiger partial charge >= 0.3 is 11.9 Å². The minimum atomic E-state index is -4.45. The van der Waals surface area contributed by atoms with Crippen molar-refractivity contribution in [2.24, 2.45) is 0 Å². The number of ether oxygens (including phenoxy) is 1. The van der Waals surface area contributed by atoms with Crippen LogP contribution < -0.4 is 21.3 Å². The summed E-state index contributed by atoms with van der Waals surface area (Å²) in [5.41, 5.74) is -1.49. The molecule has 0 aliphatic rings. The lowest BCUT2D eigenvalue weighted by atomic mass is 10.1. The Bertz CT molecular complexity index is 1230. The number of aliphatic hydroxyl groups excluding tert-OH is 1. The van der Waals surface area contributed by atoms with Crippen LogP contribution in [0.1, 0.15) is 22.8 Å². The number of halogens is 3. The smallest absolute Gasteiger partial charge is 0.416 e. The number of H-pyrrole nitrogens is 1. The Balaban J connectivity index is 1.58. The standard InChI is InChI=1S/C21H20F3N3O5/c1-2-27-19(30)16-8-3-12(9-17(16)26-20(27)31)18(29)25-10-14(28)11-32-15-6-4-13(5-7-15)21(22,23)24/h3-9,14,28H,2,10-11H2,1H3,(H,25,29)(H,26,31). The second-order valence-corrected chi connectivity index (χ2v) is 6.94. The van der Waals surface area contributed by atoms with Crippen LogP contribution in [0.4, 0.5) is 13.2 Å². The zero-order chi connectivity index (χ0) is 23.5. The first-order chi connectivity index (χ1) is 15.1. The summed E-state index contributed by atoms with van der Waals surface area (Å²) in [6.45, 7) is 1.42. The molecule has 0 bridgehead atoms. The second-order valence-electron chi connectivity index (χ2n) is 6.94. The summed E-state index contributed by atoms with van der Waals surface area (Å²) in [6.07, 6.45) is -5.58. The number of nitrogens with zero attached hydrogens (tertiary/aromatic N) is 1. The molecule has 170 valence electrons.